The molecule has 154 valence electrons. The van der Waals surface area contributed by atoms with Crippen molar-refractivity contribution in [2.24, 2.45) is 7.05 Å². The van der Waals surface area contributed by atoms with Crippen LogP contribution in [0, 0.1) is 0 Å². The molecule has 0 spiro atoms. The molecule has 0 radical (unpaired) electrons. The second-order valence-electron chi connectivity index (χ2n) is 7.37. The summed E-state index contributed by atoms with van der Waals surface area (Å²) in [6, 6.07) is 21.8. The molecule has 0 atom stereocenters. The lowest BCUT2D eigenvalue weighted by Gasteiger charge is -2.14. The molecule has 1 aliphatic heterocycles. The van der Waals surface area contributed by atoms with E-state index in [-0.39, 0.29) is 24.3 Å². The zero-order valence-corrected chi connectivity index (χ0v) is 17.8. The van der Waals surface area contributed by atoms with Crippen LogP contribution in [0.4, 0.5) is 4.79 Å². The molecule has 1 fully saturated rings. The lowest BCUT2D eigenvalue weighted by atomic mass is 10.1. The van der Waals surface area contributed by atoms with Crippen molar-refractivity contribution in [3.8, 4) is 5.75 Å². The van der Waals surface area contributed by atoms with Gasteiger partial charge in [0, 0.05) is 35.1 Å². The van der Waals surface area contributed by atoms with Gasteiger partial charge in [-0.25, -0.2) is 0 Å². The van der Waals surface area contributed by atoms with Crippen molar-refractivity contribution >= 4 is 50.7 Å². The van der Waals surface area contributed by atoms with Crippen LogP contribution in [-0.4, -0.2) is 33.8 Å². The fourth-order valence-corrected chi connectivity index (χ4v) is 4.75. The molecule has 5 nitrogen and oxygen atoms in total. The van der Waals surface area contributed by atoms with E-state index in [9.17, 15) is 9.59 Å². The highest BCUT2D eigenvalue weighted by atomic mass is 32.2. The number of imide groups is 1. The Morgan fingerprint density at radius 1 is 0.935 bits per heavy atom. The monoisotopic (exact) mass is 428 g/mol. The molecule has 3 aromatic carbocycles. The number of hydrogen-bond donors (Lipinski definition) is 0. The number of fused-ring (bicyclic) bond motifs is 2. The number of carbonyl (C=O) groups is 2. The number of ether oxygens (including phenoxy) is 1. The fraction of sp³-hybridized carbons (Fsp3) is 0.120. The molecular weight excluding hydrogens is 408 g/mol. The first-order valence-electron chi connectivity index (χ1n) is 10.0. The number of aromatic nitrogens is 1. The van der Waals surface area contributed by atoms with E-state index in [4.69, 9.17) is 4.74 Å². The van der Waals surface area contributed by atoms with Crippen molar-refractivity contribution in [2.45, 2.75) is 0 Å². The first-order valence-corrected chi connectivity index (χ1v) is 10.8. The second-order valence-corrected chi connectivity index (χ2v) is 8.36. The summed E-state index contributed by atoms with van der Waals surface area (Å²) in [4.78, 5) is 27.0. The predicted molar refractivity (Wildman–Crippen MR) is 125 cm³/mol. The molecule has 0 aliphatic carbocycles. The Hall–Kier alpha value is -3.51. The second kappa shape index (κ2) is 7.96. The van der Waals surface area contributed by atoms with Gasteiger partial charge in [0.2, 0.25) is 0 Å². The maximum atomic E-state index is 12.9. The van der Waals surface area contributed by atoms with Crippen LogP contribution in [0.2, 0.25) is 0 Å². The molecule has 5 rings (SSSR count). The molecule has 4 aromatic rings. The summed E-state index contributed by atoms with van der Waals surface area (Å²) >= 11 is 0.977. The minimum Gasteiger partial charge on any atom is -0.491 e. The van der Waals surface area contributed by atoms with Gasteiger partial charge in [0.25, 0.3) is 11.1 Å². The van der Waals surface area contributed by atoms with Crippen molar-refractivity contribution in [1.82, 2.24) is 9.47 Å². The van der Waals surface area contributed by atoms with E-state index >= 15 is 0 Å². The first-order chi connectivity index (χ1) is 15.1. The van der Waals surface area contributed by atoms with Crippen LogP contribution in [0.3, 0.4) is 0 Å². The van der Waals surface area contributed by atoms with Crippen LogP contribution in [0.1, 0.15) is 5.56 Å². The van der Waals surface area contributed by atoms with Crippen molar-refractivity contribution in [3.05, 3.63) is 83.4 Å². The Labute approximate surface area is 183 Å². The van der Waals surface area contributed by atoms with Crippen molar-refractivity contribution in [2.75, 3.05) is 13.2 Å². The van der Waals surface area contributed by atoms with Crippen LogP contribution in [0.15, 0.2) is 77.8 Å². The summed E-state index contributed by atoms with van der Waals surface area (Å²) in [6.45, 7) is 0.453. The summed E-state index contributed by atoms with van der Waals surface area (Å²) < 4.78 is 7.93. The number of para-hydroxylation sites is 1. The van der Waals surface area contributed by atoms with Gasteiger partial charge in [0.05, 0.1) is 11.4 Å². The first kappa shape index (κ1) is 19.5. The largest absolute Gasteiger partial charge is 0.491 e. The molecule has 2 amide bonds. The molecular formula is C25H20N2O3S. The fourth-order valence-electron chi connectivity index (χ4n) is 3.89. The topological polar surface area (TPSA) is 51.5 Å². The average Bonchev–Trinajstić information content (AvgIpc) is 3.25. The molecule has 31 heavy (non-hydrogen) atoms. The van der Waals surface area contributed by atoms with Crippen LogP contribution in [0.5, 0.6) is 5.75 Å². The van der Waals surface area contributed by atoms with Gasteiger partial charge in [-0.05, 0) is 35.4 Å². The van der Waals surface area contributed by atoms with E-state index < -0.39 is 0 Å². The Kier molecular flexibility index (Phi) is 5.00. The standard InChI is InChI=1S/C25H20N2O3S/c1-26-16-18(19-9-4-5-11-21(19)26)15-23-24(28)27(25(29)31-23)13-14-30-22-12-6-8-17-7-2-3-10-20(17)22/h2-12,15-16H,13-14H2,1H3/b23-15-. The number of hydrogen-bond acceptors (Lipinski definition) is 4. The van der Waals surface area contributed by atoms with Gasteiger partial charge in [-0.1, -0.05) is 54.6 Å². The lowest BCUT2D eigenvalue weighted by Crippen LogP contribution is -2.32. The van der Waals surface area contributed by atoms with E-state index in [1.165, 1.54) is 4.90 Å². The van der Waals surface area contributed by atoms with E-state index in [1.54, 1.807) is 6.08 Å². The third-order valence-corrected chi connectivity index (χ3v) is 6.32. The number of thioether (sulfide) groups is 1. The van der Waals surface area contributed by atoms with E-state index in [0.717, 1.165) is 44.8 Å². The van der Waals surface area contributed by atoms with Gasteiger partial charge >= 0.3 is 0 Å². The van der Waals surface area contributed by atoms with E-state index in [2.05, 4.69) is 0 Å². The normalized spacial score (nSPS) is 15.5. The molecule has 1 aliphatic rings. The molecule has 0 bridgehead atoms. The molecule has 6 heteroatoms. The van der Waals surface area contributed by atoms with Gasteiger partial charge in [-0.3, -0.25) is 14.5 Å². The van der Waals surface area contributed by atoms with Gasteiger partial charge in [-0.15, -0.1) is 0 Å². The number of rotatable bonds is 5. The zero-order chi connectivity index (χ0) is 21.4. The molecule has 1 aromatic heterocycles. The summed E-state index contributed by atoms with van der Waals surface area (Å²) in [5.74, 6) is 0.473. The maximum absolute atomic E-state index is 12.9. The Morgan fingerprint density at radius 3 is 2.55 bits per heavy atom. The number of amides is 2. The molecule has 0 saturated carbocycles. The minimum atomic E-state index is -0.274. The van der Waals surface area contributed by atoms with Crippen molar-refractivity contribution in [1.29, 1.82) is 0 Å². The highest BCUT2D eigenvalue weighted by Gasteiger charge is 2.35. The third kappa shape index (κ3) is 3.59. The maximum Gasteiger partial charge on any atom is 0.293 e. The van der Waals surface area contributed by atoms with Crippen LogP contribution < -0.4 is 4.74 Å². The molecule has 0 N–H and O–H groups in total. The SMILES string of the molecule is Cn1cc(/C=C2\SC(=O)N(CCOc3cccc4ccccc34)C2=O)c2ccccc21. The third-order valence-electron chi connectivity index (χ3n) is 5.41. The van der Waals surface area contributed by atoms with Gasteiger partial charge in [0.15, 0.2) is 0 Å². The Balaban J connectivity index is 1.32. The van der Waals surface area contributed by atoms with Gasteiger partial charge in [0.1, 0.15) is 12.4 Å². The highest BCUT2D eigenvalue weighted by Crippen LogP contribution is 2.34. The molecule has 0 unspecified atom stereocenters. The minimum absolute atomic E-state index is 0.209. The van der Waals surface area contributed by atoms with Crippen LogP contribution >= 0.6 is 11.8 Å². The zero-order valence-electron chi connectivity index (χ0n) is 16.9. The number of carbonyl (C=O) groups excluding carboxylic acids is 2. The van der Waals surface area contributed by atoms with Gasteiger partial charge < -0.3 is 9.30 Å². The van der Waals surface area contributed by atoms with Crippen molar-refractivity contribution in [3.63, 3.8) is 0 Å². The van der Waals surface area contributed by atoms with E-state index in [1.807, 2.05) is 84.5 Å². The Morgan fingerprint density at radius 2 is 1.68 bits per heavy atom. The summed E-state index contributed by atoms with van der Waals surface area (Å²) in [6.07, 6.45) is 3.78. The van der Waals surface area contributed by atoms with Crippen LogP contribution in [0.25, 0.3) is 27.8 Å². The highest BCUT2D eigenvalue weighted by molar-refractivity contribution is 8.18. The summed E-state index contributed by atoms with van der Waals surface area (Å²) in [5, 5.41) is 2.88. The quantitative estimate of drug-likeness (QED) is 0.397. The molecule has 2 heterocycles. The lowest BCUT2D eigenvalue weighted by molar-refractivity contribution is -0.123. The average molecular weight is 429 g/mol. The van der Waals surface area contributed by atoms with E-state index in [0.29, 0.717) is 4.91 Å². The van der Waals surface area contributed by atoms with Gasteiger partial charge in [-0.2, -0.15) is 0 Å². The smallest absolute Gasteiger partial charge is 0.293 e. The molecule has 1 saturated heterocycles. The number of aryl methyl sites for hydroxylation is 1. The van der Waals surface area contributed by atoms with Crippen LogP contribution in [-0.2, 0) is 11.8 Å². The summed E-state index contributed by atoms with van der Waals surface area (Å²) in [5.41, 5.74) is 2.01. The number of nitrogens with zero attached hydrogens (tertiary/aromatic N) is 2. The predicted octanol–water partition coefficient (Wildman–Crippen LogP) is 5.45. The summed E-state index contributed by atoms with van der Waals surface area (Å²) in [7, 11) is 1.97. The number of benzene rings is 3. The van der Waals surface area contributed by atoms with Crippen molar-refractivity contribution < 1.29 is 14.3 Å². The Bertz CT molecular complexity index is 1350.